The molecule has 2 aromatic rings. The number of sulfone groups is 1. The van der Waals surface area contributed by atoms with Crippen molar-refractivity contribution in [3.63, 3.8) is 0 Å². The summed E-state index contributed by atoms with van der Waals surface area (Å²) in [6, 6.07) is 6.54. The van der Waals surface area contributed by atoms with Crippen molar-refractivity contribution in [2.75, 3.05) is 5.32 Å². The van der Waals surface area contributed by atoms with Crippen LogP contribution in [0.2, 0.25) is 5.02 Å². The third kappa shape index (κ3) is 4.11. The summed E-state index contributed by atoms with van der Waals surface area (Å²) in [6.45, 7) is 1.36. The van der Waals surface area contributed by atoms with Crippen LogP contribution in [-0.2, 0) is 9.84 Å². The molecule has 3 fully saturated rings. The fourth-order valence-corrected chi connectivity index (χ4v) is 7.54. The minimum atomic E-state index is -4.01. The lowest BCUT2D eigenvalue weighted by Crippen LogP contribution is -2.69. The van der Waals surface area contributed by atoms with Crippen LogP contribution in [0.4, 0.5) is 14.5 Å². The molecule has 0 saturated heterocycles. The van der Waals surface area contributed by atoms with Gasteiger partial charge in [-0.2, -0.15) is 0 Å². The van der Waals surface area contributed by atoms with Crippen LogP contribution in [0.5, 0.6) is 0 Å². The van der Waals surface area contributed by atoms with E-state index in [1.54, 1.807) is 0 Å². The first-order valence-electron chi connectivity index (χ1n) is 10.7. The van der Waals surface area contributed by atoms with E-state index in [0.29, 0.717) is 6.42 Å². The van der Waals surface area contributed by atoms with E-state index in [0.717, 1.165) is 18.2 Å². The topological polar surface area (TPSA) is 124 Å². The third-order valence-electron chi connectivity index (χ3n) is 7.02. The summed E-state index contributed by atoms with van der Waals surface area (Å²) in [5, 5.41) is 32.3. The smallest absolute Gasteiger partial charge is 0.255 e. The zero-order valence-corrected chi connectivity index (χ0v) is 19.7. The van der Waals surface area contributed by atoms with Gasteiger partial charge < -0.3 is 20.6 Å². The van der Waals surface area contributed by atoms with Gasteiger partial charge in [-0.1, -0.05) is 11.6 Å². The number of benzene rings is 2. The van der Waals surface area contributed by atoms with Crippen LogP contribution >= 0.6 is 11.6 Å². The molecule has 0 heterocycles. The van der Waals surface area contributed by atoms with Gasteiger partial charge in [0.25, 0.3) is 5.91 Å². The van der Waals surface area contributed by atoms with Gasteiger partial charge in [0.05, 0.1) is 26.9 Å². The van der Waals surface area contributed by atoms with Crippen molar-refractivity contribution in [2.45, 2.75) is 54.1 Å². The number of anilines is 1. The highest BCUT2D eigenvalue weighted by Crippen LogP contribution is 2.57. The summed E-state index contributed by atoms with van der Waals surface area (Å²) in [5.74, 6) is -3.96. The summed E-state index contributed by atoms with van der Waals surface area (Å²) in [7, 11) is -4.01. The molecule has 1 amide bonds. The van der Waals surface area contributed by atoms with E-state index in [1.165, 1.54) is 25.1 Å². The second-order valence-electron chi connectivity index (χ2n) is 9.07. The molecule has 0 radical (unpaired) electrons. The fourth-order valence-electron chi connectivity index (χ4n) is 5.14. The predicted octanol–water partition coefficient (Wildman–Crippen LogP) is 2.92. The number of halogens is 3. The van der Waals surface area contributed by atoms with E-state index in [2.05, 4.69) is 5.32 Å². The van der Waals surface area contributed by atoms with Gasteiger partial charge >= 0.3 is 0 Å². The van der Waals surface area contributed by atoms with Crippen LogP contribution < -0.4 is 5.32 Å². The molecule has 34 heavy (non-hydrogen) atoms. The van der Waals surface area contributed by atoms with Crippen LogP contribution in [0.25, 0.3) is 0 Å². The Kier molecular flexibility index (Phi) is 6.50. The Hall–Kier alpha value is -2.11. The quantitative estimate of drug-likeness (QED) is 0.469. The maximum Gasteiger partial charge on any atom is 0.255 e. The monoisotopic (exact) mass is 515 g/mol. The Bertz CT molecular complexity index is 1230. The summed E-state index contributed by atoms with van der Waals surface area (Å²) >= 11 is 6.17. The molecular weight excluding hydrogens is 492 g/mol. The number of hydrogen-bond acceptors (Lipinski definition) is 6. The minimum absolute atomic E-state index is 0.00780. The first-order valence-corrected chi connectivity index (χ1v) is 12.7. The molecular formula is C23H24ClF2NO6S. The minimum Gasteiger partial charge on any atom is -0.391 e. The molecule has 4 N–H and O–H groups in total. The summed E-state index contributed by atoms with van der Waals surface area (Å²) in [6.07, 6.45) is -1.87. The molecule has 2 unspecified atom stereocenters. The number of rotatable bonds is 6. The van der Waals surface area contributed by atoms with Crippen molar-refractivity contribution in [3.8, 4) is 0 Å². The third-order valence-corrected chi connectivity index (χ3v) is 9.67. The Morgan fingerprint density at radius 1 is 1.09 bits per heavy atom. The van der Waals surface area contributed by atoms with Crippen LogP contribution in [0.15, 0.2) is 41.3 Å². The summed E-state index contributed by atoms with van der Waals surface area (Å²) in [4.78, 5) is 12.4. The molecule has 3 aliphatic rings. The molecule has 11 heteroatoms. The Balaban J connectivity index is 1.56. The Labute approximate surface area is 200 Å². The first-order chi connectivity index (χ1) is 15.9. The number of aliphatic hydroxyl groups excluding tert-OH is 2. The molecule has 0 spiro atoms. The number of amides is 1. The van der Waals surface area contributed by atoms with Crippen molar-refractivity contribution in [2.24, 2.45) is 11.8 Å². The number of carbonyl (C=O) groups excluding carboxylic acids is 1. The van der Waals surface area contributed by atoms with E-state index in [4.69, 9.17) is 11.6 Å². The van der Waals surface area contributed by atoms with Gasteiger partial charge in [0.1, 0.15) is 6.10 Å². The second kappa shape index (κ2) is 8.83. The fraction of sp³-hybridized carbons (Fsp3) is 0.435. The SMILES string of the molecule is C[C@H](O)[C@@H](O)C1(O)C2CC1CC(S(=O)(=O)c1cc(C(=O)Nc3ccc(F)c(F)c3)ccc1Cl)C2. The van der Waals surface area contributed by atoms with Gasteiger partial charge in [0, 0.05) is 17.3 Å². The number of aliphatic hydroxyl groups is 3. The molecule has 7 nitrogen and oxygen atoms in total. The maximum atomic E-state index is 13.4. The number of carbonyl (C=O) groups is 1. The average molecular weight is 516 g/mol. The highest BCUT2D eigenvalue weighted by Gasteiger charge is 2.63. The zero-order chi connectivity index (χ0) is 25.0. The van der Waals surface area contributed by atoms with E-state index >= 15 is 0 Å². The largest absolute Gasteiger partial charge is 0.391 e. The zero-order valence-electron chi connectivity index (χ0n) is 18.1. The first kappa shape index (κ1) is 25.0. The molecule has 2 aromatic carbocycles. The van der Waals surface area contributed by atoms with Gasteiger partial charge in [-0.05, 0) is 68.4 Å². The standard InChI is InChI=1S/C23H24ClF2NO6S/c1-11(28)21(29)23(31)13-7-14(23)9-16(8-13)34(32,33)20-6-12(2-4-17(20)24)22(30)27-15-3-5-18(25)19(26)10-15/h2-6,10-11,13-14,16,21,28-29,31H,7-9H2,1H3,(H,27,30)/t11-,13?,14?,16?,21+,23?/m0/s1. The second-order valence-corrected chi connectivity index (χ2v) is 11.7. The van der Waals surface area contributed by atoms with Gasteiger partial charge in [-0.15, -0.1) is 0 Å². The van der Waals surface area contributed by atoms with Crippen molar-refractivity contribution in [1.82, 2.24) is 0 Å². The van der Waals surface area contributed by atoms with Gasteiger partial charge in [0.2, 0.25) is 0 Å². The van der Waals surface area contributed by atoms with E-state index < -0.39 is 62.3 Å². The highest BCUT2D eigenvalue weighted by atomic mass is 35.5. The molecule has 4 atom stereocenters. The molecule has 0 aromatic heterocycles. The van der Waals surface area contributed by atoms with Gasteiger partial charge in [-0.25, -0.2) is 17.2 Å². The lowest BCUT2D eigenvalue weighted by atomic mass is 9.51. The van der Waals surface area contributed by atoms with Crippen LogP contribution in [0.1, 0.15) is 36.5 Å². The van der Waals surface area contributed by atoms with Crippen molar-refractivity contribution < 1.29 is 37.3 Å². The molecule has 3 aliphatic carbocycles. The maximum absolute atomic E-state index is 13.4. The van der Waals surface area contributed by atoms with Crippen LogP contribution in [0, 0.1) is 23.5 Å². The van der Waals surface area contributed by atoms with Crippen molar-refractivity contribution in [1.29, 1.82) is 0 Å². The average Bonchev–Trinajstić information content (AvgIpc) is 2.80. The predicted molar refractivity (Wildman–Crippen MR) is 120 cm³/mol. The number of nitrogens with one attached hydrogen (secondary N) is 1. The molecule has 0 aliphatic heterocycles. The lowest BCUT2D eigenvalue weighted by molar-refractivity contribution is -0.249. The normalized spacial score (nSPS) is 28.0. The van der Waals surface area contributed by atoms with Crippen LogP contribution in [-0.4, -0.2) is 52.7 Å². The molecule has 184 valence electrons. The Morgan fingerprint density at radius 2 is 1.74 bits per heavy atom. The van der Waals surface area contributed by atoms with E-state index in [9.17, 15) is 37.3 Å². The molecule has 5 rings (SSSR count). The lowest BCUT2D eigenvalue weighted by Gasteiger charge is -2.60. The molecule has 3 saturated carbocycles. The van der Waals surface area contributed by atoms with Crippen molar-refractivity contribution in [3.05, 3.63) is 58.6 Å². The summed E-state index contributed by atoms with van der Waals surface area (Å²) in [5.41, 5.74) is -1.60. The van der Waals surface area contributed by atoms with Crippen LogP contribution in [0.3, 0.4) is 0 Å². The van der Waals surface area contributed by atoms with E-state index in [1.807, 2.05) is 0 Å². The van der Waals surface area contributed by atoms with Gasteiger partial charge in [0.15, 0.2) is 21.5 Å². The van der Waals surface area contributed by atoms with E-state index in [-0.39, 0.29) is 34.0 Å². The number of hydrogen-bond donors (Lipinski definition) is 4. The highest BCUT2D eigenvalue weighted by molar-refractivity contribution is 7.92. The van der Waals surface area contributed by atoms with Crippen molar-refractivity contribution >= 4 is 33.0 Å². The van der Waals surface area contributed by atoms with Gasteiger partial charge in [-0.3, -0.25) is 4.79 Å². The Morgan fingerprint density at radius 3 is 2.32 bits per heavy atom. The number of fused-ring (bicyclic) bond motifs is 2. The molecule has 2 bridgehead atoms. The summed E-state index contributed by atoms with van der Waals surface area (Å²) < 4.78 is 53.3.